The number of hydrogen-bond donors (Lipinski definition) is 18. The third-order valence-electron chi connectivity index (χ3n) is 10.8. The Morgan fingerprint density at radius 3 is 1.94 bits per heavy atom. The Labute approximate surface area is 406 Å². The van der Waals surface area contributed by atoms with Gasteiger partial charge in [0, 0.05) is 26.1 Å². The highest BCUT2D eigenvalue weighted by atomic mass is 16.4. The first kappa shape index (κ1) is 61.9. The number of carboxylic acid groups (broad SMARTS) is 1. The van der Waals surface area contributed by atoms with Gasteiger partial charge in [0.15, 0.2) is 5.96 Å². The van der Waals surface area contributed by atoms with Gasteiger partial charge in [-0.05, 0) is 90.8 Å². The van der Waals surface area contributed by atoms with Gasteiger partial charge in [-0.2, -0.15) is 0 Å². The van der Waals surface area contributed by atoms with Crippen LogP contribution in [0.3, 0.4) is 0 Å². The van der Waals surface area contributed by atoms with Gasteiger partial charge in [0.2, 0.25) is 47.3 Å². The summed E-state index contributed by atoms with van der Waals surface area (Å²) in [4.78, 5) is 124. The van der Waals surface area contributed by atoms with E-state index < -0.39 is 133 Å². The Morgan fingerprint density at radius 1 is 0.729 bits per heavy atom. The van der Waals surface area contributed by atoms with E-state index in [4.69, 9.17) is 45.9 Å². The lowest BCUT2D eigenvalue weighted by atomic mass is 10.1. The maximum Gasteiger partial charge on any atom is 0.352 e. The molecule has 1 rings (SSSR count). The molecule has 26 N–H and O–H groups in total. The molecule has 1 aliphatic rings. The first-order valence-corrected chi connectivity index (χ1v) is 23.2. The number of aliphatic carboxylic acids is 1. The quantitative estimate of drug-likeness (QED) is 0.00936. The topological polar surface area (TPSA) is 522 Å². The number of unbranched alkanes of at least 4 members (excludes halogenated alkanes) is 2. The van der Waals surface area contributed by atoms with Crippen molar-refractivity contribution in [3.05, 3.63) is 11.8 Å². The van der Waals surface area contributed by atoms with E-state index in [0.717, 1.165) is 0 Å². The number of aliphatic hydroxyl groups is 2. The third kappa shape index (κ3) is 23.0. The van der Waals surface area contributed by atoms with Gasteiger partial charge in [-0.3, -0.25) is 43.3 Å². The van der Waals surface area contributed by atoms with Crippen molar-refractivity contribution in [1.29, 1.82) is 0 Å². The smallest absolute Gasteiger partial charge is 0.352 e. The molecule has 0 saturated carbocycles. The molecule has 0 aromatic rings. The average molecular weight is 1000 g/mol. The number of carboxylic acids is 1. The lowest BCUT2D eigenvalue weighted by molar-refractivity contribution is -0.142. The molecule has 9 atom stereocenters. The van der Waals surface area contributed by atoms with Crippen molar-refractivity contribution in [2.24, 2.45) is 50.9 Å². The number of rotatable bonds is 34. The van der Waals surface area contributed by atoms with Crippen molar-refractivity contribution in [2.45, 2.75) is 139 Å². The molecule has 398 valence electrons. The standard InChI is InChI=1S/C41H77N17O12/c1-22(52-38(67)32(29(59)20-45)57-34(63)23(46)9-2-4-14-42)33(62)51-21-31(61)53-25(11-6-16-44)39(68)58-18-8-13-28(58)37(66)56-27(19-30(47)60)36(65)54-24(10-3-5-15-43)35(64)55-26(40(69)70)12-7-17-50-41(48)49/h12,22-25,27-30,32,59-60H,2-11,13-21,42-47H2,1H3,(H,51,62)(H,52,67)(H,53,61)(H,54,65)(H,55,64)(H,56,66)(H,57,63)(H,69,70)(H4,48,49,50)/b26-12-/t22-,23?,24-,25+,27-,28-,29-,30-,32-/m0/s1. The van der Waals surface area contributed by atoms with E-state index in [1.165, 1.54) is 17.9 Å². The van der Waals surface area contributed by atoms with E-state index in [9.17, 15) is 58.5 Å². The fourth-order valence-electron chi connectivity index (χ4n) is 6.98. The zero-order valence-corrected chi connectivity index (χ0v) is 39.7. The Kier molecular flexibility index (Phi) is 29.6. The Hall–Kier alpha value is -6.08. The second-order valence-electron chi connectivity index (χ2n) is 16.6. The van der Waals surface area contributed by atoms with Crippen LogP contribution in [-0.4, -0.2) is 180 Å². The lowest BCUT2D eigenvalue weighted by Crippen LogP contribution is -2.60. The van der Waals surface area contributed by atoms with E-state index in [-0.39, 0.29) is 70.7 Å². The van der Waals surface area contributed by atoms with Gasteiger partial charge in [0.05, 0.1) is 18.7 Å². The molecule has 1 heterocycles. The van der Waals surface area contributed by atoms with Crippen molar-refractivity contribution in [3.8, 4) is 0 Å². The molecule has 29 nitrogen and oxygen atoms in total. The van der Waals surface area contributed by atoms with Gasteiger partial charge in [-0.25, -0.2) is 4.79 Å². The second kappa shape index (κ2) is 33.5. The number of nitrogens with zero attached hydrogens (tertiary/aromatic N) is 2. The number of aliphatic imine (C=N–C) groups is 1. The minimum absolute atomic E-state index is 0.00409. The highest BCUT2D eigenvalue weighted by molar-refractivity contribution is 5.99. The molecule has 0 radical (unpaired) electrons. The van der Waals surface area contributed by atoms with Gasteiger partial charge in [-0.15, -0.1) is 0 Å². The fourth-order valence-corrected chi connectivity index (χ4v) is 6.98. The first-order chi connectivity index (χ1) is 33.1. The lowest BCUT2D eigenvalue weighted by Gasteiger charge is -2.30. The van der Waals surface area contributed by atoms with Crippen LogP contribution in [0, 0.1) is 0 Å². The molecule has 0 aliphatic carbocycles. The molecule has 70 heavy (non-hydrogen) atoms. The van der Waals surface area contributed by atoms with Gasteiger partial charge in [0.25, 0.3) is 0 Å². The molecule has 0 aromatic heterocycles. The monoisotopic (exact) mass is 1000 g/mol. The van der Waals surface area contributed by atoms with Crippen molar-refractivity contribution in [3.63, 3.8) is 0 Å². The van der Waals surface area contributed by atoms with Gasteiger partial charge in [-0.1, -0.05) is 12.5 Å². The molecule has 1 aliphatic heterocycles. The summed E-state index contributed by atoms with van der Waals surface area (Å²) in [6.07, 6.45) is 0.402. The van der Waals surface area contributed by atoms with Crippen LogP contribution >= 0.6 is 0 Å². The van der Waals surface area contributed by atoms with E-state index in [1.807, 2.05) is 0 Å². The predicted octanol–water partition coefficient (Wildman–Crippen LogP) is -8.40. The van der Waals surface area contributed by atoms with Crippen molar-refractivity contribution >= 4 is 59.2 Å². The van der Waals surface area contributed by atoms with Crippen LogP contribution in [0.15, 0.2) is 16.8 Å². The van der Waals surface area contributed by atoms with Crippen LogP contribution in [0.25, 0.3) is 0 Å². The van der Waals surface area contributed by atoms with Crippen LogP contribution < -0.4 is 83.1 Å². The Morgan fingerprint density at radius 2 is 1.36 bits per heavy atom. The third-order valence-corrected chi connectivity index (χ3v) is 10.8. The van der Waals surface area contributed by atoms with Gasteiger partial charge >= 0.3 is 5.97 Å². The number of hydrogen-bond acceptors (Lipinski definition) is 18. The van der Waals surface area contributed by atoms with Crippen LogP contribution in [-0.2, 0) is 43.2 Å². The molecular formula is C41H77N17O12. The minimum Gasteiger partial charge on any atom is -0.477 e. The summed E-state index contributed by atoms with van der Waals surface area (Å²) in [6, 6.07) is -9.20. The summed E-state index contributed by atoms with van der Waals surface area (Å²) in [6.45, 7) is 1.03. The number of likely N-dealkylation sites (tertiary alicyclic amines) is 1. The summed E-state index contributed by atoms with van der Waals surface area (Å²) in [7, 11) is 0. The van der Waals surface area contributed by atoms with E-state index >= 15 is 0 Å². The number of aliphatic hydroxyl groups excluding tert-OH is 2. The highest BCUT2D eigenvalue weighted by Crippen LogP contribution is 2.20. The minimum atomic E-state index is -1.64. The maximum absolute atomic E-state index is 14.0. The molecule has 1 saturated heterocycles. The molecule has 8 amide bonds. The van der Waals surface area contributed by atoms with E-state index in [0.29, 0.717) is 38.6 Å². The fraction of sp³-hybridized carbons (Fsp3) is 0.707. The molecule has 1 fully saturated rings. The van der Waals surface area contributed by atoms with Crippen LogP contribution in [0.4, 0.5) is 0 Å². The number of nitrogens with one attached hydrogen (secondary N) is 7. The normalized spacial score (nSPS) is 17.0. The zero-order chi connectivity index (χ0) is 52.9. The number of nitrogens with two attached hydrogens (primary N) is 8. The maximum atomic E-state index is 14.0. The van der Waals surface area contributed by atoms with Crippen molar-refractivity contribution < 1.29 is 58.5 Å². The van der Waals surface area contributed by atoms with E-state index in [1.54, 1.807) is 0 Å². The number of amides is 8. The van der Waals surface area contributed by atoms with Crippen LogP contribution in [0.2, 0.25) is 0 Å². The highest BCUT2D eigenvalue weighted by Gasteiger charge is 2.40. The van der Waals surface area contributed by atoms with E-state index in [2.05, 4.69) is 42.2 Å². The van der Waals surface area contributed by atoms with Gasteiger partial charge < -0.3 is 103 Å². The summed E-state index contributed by atoms with van der Waals surface area (Å²) >= 11 is 0. The second-order valence-corrected chi connectivity index (χ2v) is 16.6. The predicted molar refractivity (Wildman–Crippen MR) is 254 cm³/mol. The number of guanidine groups is 1. The summed E-state index contributed by atoms with van der Waals surface area (Å²) in [5.74, 6) is -8.47. The summed E-state index contributed by atoms with van der Waals surface area (Å²) < 4.78 is 0. The molecule has 0 aromatic carbocycles. The molecule has 0 spiro atoms. The molecular weight excluding hydrogens is 923 g/mol. The van der Waals surface area contributed by atoms with Crippen molar-refractivity contribution in [2.75, 3.05) is 45.8 Å². The van der Waals surface area contributed by atoms with Crippen LogP contribution in [0.5, 0.6) is 0 Å². The first-order valence-electron chi connectivity index (χ1n) is 23.2. The van der Waals surface area contributed by atoms with Crippen molar-refractivity contribution in [1.82, 2.24) is 42.1 Å². The zero-order valence-electron chi connectivity index (χ0n) is 39.7. The Bertz CT molecular complexity index is 1800. The largest absolute Gasteiger partial charge is 0.477 e. The molecule has 1 unspecified atom stereocenters. The Balaban J connectivity index is 3.11. The average Bonchev–Trinajstić information content (AvgIpc) is 3.81. The van der Waals surface area contributed by atoms with Crippen LogP contribution in [0.1, 0.15) is 84.0 Å². The number of carbonyl (C=O) groups is 9. The molecule has 29 heteroatoms. The molecule has 0 bridgehead atoms. The summed E-state index contributed by atoms with van der Waals surface area (Å²) in [5.41, 5.74) is 44.0. The summed E-state index contributed by atoms with van der Waals surface area (Å²) in [5, 5.41) is 47.0. The number of carbonyl (C=O) groups excluding carboxylic acids is 8. The van der Waals surface area contributed by atoms with Gasteiger partial charge in [0.1, 0.15) is 48.2 Å². The SMILES string of the molecule is C[C@H](NC(=O)[C@@H](NC(=O)C(N)CCCCN)[C@@H](O)CN)C(=O)NCC(=O)N[C@H](CCCN)C(=O)N1CCC[C@H]1C(=O)N[C@@H](C[C@@H](N)O)C(=O)N[C@@H](CCCCN)C(=O)N/C(=C\CCN=C(N)N)C(=O)O.